The van der Waals surface area contributed by atoms with E-state index in [4.69, 9.17) is 21.1 Å². The van der Waals surface area contributed by atoms with Crippen LogP contribution in [0.3, 0.4) is 0 Å². The highest BCUT2D eigenvalue weighted by atomic mass is 35.5. The highest BCUT2D eigenvalue weighted by Gasteiger charge is 2.25. The van der Waals surface area contributed by atoms with Crippen molar-refractivity contribution in [3.05, 3.63) is 65.7 Å². The number of anilines is 1. The first-order chi connectivity index (χ1) is 12.8. The Morgan fingerprint density at radius 1 is 1.22 bits per heavy atom. The van der Waals surface area contributed by atoms with Gasteiger partial charge in [-0.1, -0.05) is 17.7 Å². The molecule has 0 saturated carbocycles. The zero-order valence-corrected chi connectivity index (χ0v) is 16.6. The van der Waals surface area contributed by atoms with Crippen molar-refractivity contribution >= 4 is 33.3 Å². The van der Waals surface area contributed by atoms with Crippen LogP contribution >= 0.6 is 11.6 Å². The lowest BCUT2D eigenvalue weighted by molar-refractivity contribution is 0.0526. The van der Waals surface area contributed by atoms with E-state index < -0.39 is 16.0 Å². The van der Waals surface area contributed by atoms with Gasteiger partial charge in [-0.05, 0) is 49.4 Å². The number of benzene rings is 2. The fourth-order valence-corrected chi connectivity index (χ4v) is 3.99. The number of methoxy groups -OCH3 is 1. The number of rotatable bonds is 8. The molecule has 0 heterocycles. The molecule has 2 aromatic rings. The summed E-state index contributed by atoms with van der Waals surface area (Å²) in [5.74, 6) is -0.0786. The quantitative estimate of drug-likeness (QED) is 0.488. The Morgan fingerprint density at radius 3 is 2.44 bits per heavy atom. The molecule has 0 saturated heterocycles. The molecule has 0 aliphatic carbocycles. The van der Waals surface area contributed by atoms with Crippen LogP contribution in [-0.2, 0) is 14.8 Å². The largest absolute Gasteiger partial charge is 0.497 e. The average molecular weight is 410 g/mol. The third kappa shape index (κ3) is 4.61. The Bertz CT molecular complexity index is 926. The number of carbonyl (C=O) groups excluding carboxylic acids is 1. The van der Waals surface area contributed by atoms with E-state index in [1.807, 2.05) is 0 Å². The van der Waals surface area contributed by atoms with E-state index in [0.29, 0.717) is 5.75 Å². The van der Waals surface area contributed by atoms with E-state index >= 15 is 0 Å². The summed E-state index contributed by atoms with van der Waals surface area (Å²) in [6.45, 7) is 5.49. The van der Waals surface area contributed by atoms with Gasteiger partial charge in [0.15, 0.2) is 0 Å². The second-order valence-electron chi connectivity index (χ2n) is 5.38. The molecule has 0 N–H and O–H groups in total. The minimum Gasteiger partial charge on any atom is -0.497 e. The van der Waals surface area contributed by atoms with Crippen LogP contribution in [0.5, 0.6) is 5.75 Å². The minimum absolute atomic E-state index is 0.0122. The average Bonchev–Trinajstić information content (AvgIpc) is 2.66. The normalized spacial score (nSPS) is 10.9. The molecule has 0 fully saturated rings. The van der Waals surface area contributed by atoms with Gasteiger partial charge in [0.2, 0.25) is 0 Å². The molecule has 27 heavy (non-hydrogen) atoms. The number of ether oxygens (including phenoxy) is 2. The van der Waals surface area contributed by atoms with Crippen molar-refractivity contribution < 1.29 is 22.7 Å². The number of esters is 1. The third-order valence-electron chi connectivity index (χ3n) is 3.68. The van der Waals surface area contributed by atoms with Gasteiger partial charge < -0.3 is 9.47 Å². The third-order valence-corrected chi connectivity index (χ3v) is 5.81. The van der Waals surface area contributed by atoms with Crippen molar-refractivity contribution in [3.8, 4) is 5.75 Å². The zero-order valence-electron chi connectivity index (χ0n) is 15.0. The molecule has 2 rings (SSSR count). The van der Waals surface area contributed by atoms with E-state index in [1.54, 1.807) is 19.1 Å². The Labute approximate surface area is 164 Å². The highest BCUT2D eigenvalue weighted by molar-refractivity contribution is 7.92. The second-order valence-corrected chi connectivity index (χ2v) is 7.65. The van der Waals surface area contributed by atoms with E-state index in [2.05, 4.69) is 6.58 Å². The minimum atomic E-state index is -3.90. The summed E-state index contributed by atoms with van der Waals surface area (Å²) in [7, 11) is -2.40. The molecule has 0 radical (unpaired) electrons. The molecule has 0 aromatic heterocycles. The van der Waals surface area contributed by atoms with Crippen LogP contribution in [0.15, 0.2) is 60.0 Å². The Balaban J connectivity index is 2.51. The van der Waals surface area contributed by atoms with Crippen molar-refractivity contribution in [2.75, 3.05) is 24.6 Å². The van der Waals surface area contributed by atoms with E-state index in [9.17, 15) is 13.2 Å². The Hall–Kier alpha value is -2.51. The SMILES string of the molecule is C=CCN(c1ccc(Cl)c(C(=O)OCC)c1)S(=O)(=O)c1ccc(OC)cc1. The van der Waals surface area contributed by atoms with Gasteiger partial charge in [0.25, 0.3) is 10.0 Å². The van der Waals surface area contributed by atoms with Gasteiger partial charge >= 0.3 is 5.97 Å². The van der Waals surface area contributed by atoms with Crippen LogP contribution < -0.4 is 9.04 Å². The maximum atomic E-state index is 13.1. The van der Waals surface area contributed by atoms with Gasteiger partial charge in [0.05, 0.1) is 41.4 Å². The molecule has 0 bridgehead atoms. The van der Waals surface area contributed by atoms with Crippen LogP contribution in [0, 0.1) is 0 Å². The topological polar surface area (TPSA) is 72.9 Å². The number of nitrogens with zero attached hydrogens (tertiary/aromatic N) is 1. The molecule has 8 heteroatoms. The molecule has 0 spiro atoms. The molecular weight excluding hydrogens is 390 g/mol. The van der Waals surface area contributed by atoms with Gasteiger partial charge in [-0.15, -0.1) is 6.58 Å². The first kappa shape index (κ1) is 20.8. The molecular formula is C19H20ClNO5S. The molecule has 0 aliphatic heterocycles. The number of halogens is 1. The van der Waals surface area contributed by atoms with Crippen LogP contribution in [-0.4, -0.2) is 34.6 Å². The smallest absolute Gasteiger partial charge is 0.339 e. The van der Waals surface area contributed by atoms with Gasteiger partial charge in [-0.3, -0.25) is 4.31 Å². The Morgan fingerprint density at radius 2 is 1.89 bits per heavy atom. The molecule has 0 amide bonds. The zero-order chi connectivity index (χ0) is 20.0. The fourth-order valence-electron chi connectivity index (χ4n) is 2.37. The summed E-state index contributed by atoms with van der Waals surface area (Å²) < 4.78 is 37.4. The maximum absolute atomic E-state index is 13.1. The fraction of sp³-hybridized carbons (Fsp3) is 0.211. The number of carbonyl (C=O) groups is 1. The van der Waals surface area contributed by atoms with Crippen molar-refractivity contribution in [2.24, 2.45) is 0 Å². The van der Waals surface area contributed by atoms with Gasteiger partial charge in [0, 0.05) is 0 Å². The Kier molecular flexibility index (Phi) is 6.87. The maximum Gasteiger partial charge on any atom is 0.339 e. The predicted octanol–water partition coefficient (Wildman–Crippen LogP) is 3.91. The lowest BCUT2D eigenvalue weighted by atomic mass is 10.2. The monoisotopic (exact) mass is 409 g/mol. The van der Waals surface area contributed by atoms with Crippen LogP contribution in [0.4, 0.5) is 5.69 Å². The summed E-state index contributed by atoms with van der Waals surface area (Å²) in [6, 6.07) is 10.4. The van der Waals surface area contributed by atoms with Crippen LogP contribution in [0.2, 0.25) is 5.02 Å². The summed E-state index contributed by atoms with van der Waals surface area (Å²) >= 11 is 6.07. The second kappa shape index (κ2) is 8.92. The lowest BCUT2D eigenvalue weighted by Crippen LogP contribution is -2.31. The first-order valence-electron chi connectivity index (χ1n) is 8.09. The number of hydrogen-bond acceptors (Lipinski definition) is 5. The van der Waals surface area contributed by atoms with E-state index in [1.165, 1.54) is 43.5 Å². The van der Waals surface area contributed by atoms with Gasteiger partial charge in [-0.25, -0.2) is 13.2 Å². The van der Waals surface area contributed by atoms with Crippen molar-refractivity contribution in [2.45, 2.75) is 11.8 Å². The van der Waals surface area contributed by atoms with Crippen molar-refractivity contribution in [1.29, 1.82) is 0 Å². The van der Waals surface area contributed by atoms with Crippen molar-refractivity contribution in [3.63, 3.8) is 0 Å². The molecule has 6 nitrogen and oxygen atoms in total. The molecule has 0 aliphatic rings. The summed E-state index contributed by atoms with van der Waals surface area (Å²) in [5.41, 5.74) is 0.369. The van der Waals surface area contributed by atoms with Gasteiger partial charge in [0.1, 0.15) is 5.75 Å². The molecule has 0 atom stereocenters. The first-order valence-corrected chi connectivity index (χ1v) is 9.91. The van der Waals surface area contributed by atoms with Crippen LogP contribution in [0.1, 0.15) is 17.3 Å². The summed E-state index contributed by atoms with van der Waals surface area (Å²) in [6.07, 6.45) is 1.46. The molecule has 2 aromatic carbocycles. The van der Waals surface area contributed by atoms with E-state index in [-0.39, 0.29) is 34.3 Å². The summed E-state index contributed by atoms with van der Waals surface area (Å²) in [5, 5.41) is 0.178. The number of sulfonamides is 1. The van der Waals surface area contributed by atoms with Gasteiger partial charge in [-0.2, -0.15) is 0 Å². The standard InChI is InChI=1S/C19H20ClNO5S/c1-4-12-21(27(23,24)16-9-7-15(25-3)8-10-16)14-6-11-18(20)17(13-14)19(22)26-5-2/h4,6-11,13H,1,5,12H2,2-3H3. The van der Waals surface area contributed by atoms with Crippen molar-refractivity contribution in [1.82, 2.24) is 0 Å². The highest BCUT2D eigenvalue weighted by Crippen LogP contribution is 2.29. The van der Waals surface area contributed by atoms with E-state index in [0.717, 1.165) is 4.31 Å². The summed E-state index contributed by atoms with van der Waals surface area (Å²) in [4.78, 5) is 12.2. The predicted molar refractivity (Wildman–Crippen MR) is 105 cm³/mol. The molecule has 0 unspecified atom stereocenters. The van der Waals surface area contributed by atoms with Crippen LogP contribution in [0.25, 0.3) is 0 Å². The lowest BCUT2D eigenvalue weighted by Gasteiger charge is -2.24. The molecule has 144 valence electrons. The number of hydrogen-bond donors (Lipinski definition) is 0.